The molecule has 0 spiro atoms. The van der Waals surface area contributed by atoms with Crippen molar-refractivity contribution in [3.63, 3.8) is 0 Å². The third-order valence-electron chi connectivity index (χ3n) is 2.61. The number of hydrogen-bond donors (Lipinski definition) is 2. The zero-order valence-corrected chi connectivity index (χ0v) is 11.7. The molecule has 0 unspecified atom stereocenters. The van der Waals surface area contributed by atoms with Gasteiger partial charge in [0.1, 0.15) is 0 Å². The minimum atomic E-state index is -4.62. The van der Waals surface area contributed by atoms with Crippen LogP contribution in [-0.4, -0.2) is 27.4 Å². The van der Waals surface area contributed by atoms with E-state index >= 15 is 0 Å². The van der Waals surface area contributed by atoms with Crippen molar-refractivity contribution < 1.29 is 30.4 Å². The number of halogens is 5. The molecule has 0 saturated carbocycles. The molecule has 0 heterocycles. The van der Waals surface area contributed by atoms with Crippen molar-refractivity contribution in [1.29, 1.82) is 0 Å². The van der Waals surface area contributed by atoms with Crippen LogP contribution in [0.5, 0.6) is 0 Å². The smallest absolute Gasteiger partial charge is 0.325 e. The van der Waals surface area contributed by atoms with Crippen LogP contribution in [0.15, 0.2) is 23.1 Å². The predicted octanol–water partition coefficient (Wildman–Crippen LogP) is 1.89. The van der Waals surface area contributed by atoms with Gasteiger partial charge in [-0.05, 0) is 30.7 Å². The summed E-state index contributed by atoms with van der Waals surface area (Å²) in [5.41, 5.74) is 3.54. The molecule has 0 aliphatic carbocycles. The van der Waals surface area contributed by atoms with Crippen LogP contribution in [0.3, 0.4) is 0 Å². The molecule has 1 aromatic rings. The van der Waals surface area contributed by atoms with Crippen LogP contribution in [0.4, 0.5) is 22.0 Å². The van der Waals surface area contributed by atoms with Crippen LogP contribution in [0.25, 0.3) is 0 Å². The Bertz CT molecular complexity index is 614. The number of aryl methyl sites for hydroxylation is 1. The normalized spacial score (nSPS) is 13.5. The van der Waals surface area contributed by atoms with Crippen molar-refractivity contribution in [1.82, 2.24) is 4.72 Å². The number of nitrogens with two attached hydrogens (primary N) is 1. The maximum Gasteiger partial charge on any atom is 0.416 e. The summed E-state index contributed by atoms with van der Waals surface area (Å²) in [4.78, 5) is -0.497. The summed E-state index contributed by atoms with van der Waals surface area (Å²) in [6.07, 6.45) is -4.62. The van der Waals surface area contributed by atoms with Crippen LogP contribution < -0.4 is 10.5 Å². The Morgan fingerprint density at radius 2 is 1.76 bits per heavy atom. The van der Waals surface area contributed by atoms with Crippen LogP contribution in [0.1, 0.15) is 11.1 Å². The topological polar surface area (TPSA) is 72.2 Å². The van der Waals surface area contributed by atoms with Crippen molar-refractivity contribution in [3.8, 4) is 0 Å². The minimum absolute atomic E-state index is 0.201. The second kappa shape index (κ2) is 5.85. The van der Waals surface area contributed by atoms with Gasteiger partial charge in [0.2, 0.25) is 10.0 Å². The molecular formula is C11H13F5N2O2S. The summed E-state index contributed by atoms with van der Waals surface area (Å²) in [6, 6.07) is 1.93. The summed E-state index contributed by atoms with van der Waals surface area (Å²) in [6.45, 7) is -1.14. The monoisotopic (exact) mass is 332 g/mol. The van der Waals surface area contributed by atoms with Gasteiger partial charge in [-0.15, -0.1) is 0 Å². The van der Waals surface area contributed by atoms with E-state index in [4.69, 9.17) is 5.73 Å². The largest absolute Gasteiger partial charge is 0.416 e. The Morgan fingerprint density at radius 3 is 2.19 bits per heavy atom. The first-order chi connectivity index (χ1) is 9.39. The first-order valence-corrected chi connectivity index (χ1v) is 7.13. The molecule has 120 valence electrons. The molecule has 0 saturated heterocycles. The second-order valence-corrected chi connectivity index (χ2v) is 6.10. The Hall–Kier alpha value is -1.26. The number of hydrogen-bond acceptors (Lipinski definition) is 3. The van der Waals surface area contributed by atoms with Crippen molar-refractivity contribution in [2.75, 3.05) is 13.1 Å². The van der Waals surface area contributed by atoms with Crippen molar-refractivity contribution >= 4 is 10.0 Å². The average Bonchev–Trinajstić information content (AvgIpc) is 2.35. The quantitative estimate of drug-likeness (QED) is 0.809. The van der Waals surface area contributed by atoms with E-state index in [9.17, 15) is 30.4 Å². The highest BCUT2D eigenvalue weighted by Gasteiger charge is 2.33. The van der Waals surface area contributed by atoms with Crippen LogP contribution >= 0.6 is 0 Å². The highest BCUT2D eigenvalue weighted by molar-refractivity contribution is 7.89. The Morgan fingerprint density at radius 1 is 1.19 bits per heavy atom. The lowest BCUT2D eigenvalue weighted by Crippen LogP contribution is -2.41. The lowest BCUT2D eigenvalue weighted by atomic mass is 10.1. The fraction of sp³-hybridized carbons (Fsp3) is 0.455. The zero-order valence-electron chi connectivity index (χ0n) is 10.8. The molecule has 1 rings (SSSR count). The SMILES string of the molecule is Cc1cc(C(F)(F)F)ccc1S(=O)(=O)NCC(F)(F)CN. The van der Waals surface area contributed by atoms with Crippen molar-refractivity contribution in [2.24, 2.45) is 5.73 Å². The maximum absolute atomic E-state index is 12.9. The van der Waals surface area contributed by atoms with E-state index in [1.807, 2.05) is 0 Å². The third-order valence-corrected chi connectivity index (χ3v) is 4.17. The molecule has 0 atom stereocenters. The molecule has 0 bridgehead atoms. The standard InChI is InChI=1S/C11H13F5N2O2S/c1-7-4-8(11(14,15)16)2-3-9(7)21(19,20)18-6-10(12,13)5-17/h2-4,18H,5-6,17H2,1H3. The average molecular weight is 332 g/mol. The zero-order chi connectivity index (χ0) is 16.5. The van der Waals surface area contributed by atoms with E-state index in [-0.39, 0.29) is 5.56 Å². The highest BCUT2D eigenvalue weighted by atomic mass is 32.2. The van der Waals surface area contributed by atoms with Gasteiger partial charge in [0.25, 0.3) is 5.92 Å². The van der Waals surface area contributed by atoms with Gasteiger partial charge in [-0.3, -0.25) is 0 Å². The Kier molecular flexibility index (Phi) is 4.96. The number of benzene rings is 1. The first kappa shape index (κ1) is 17.8. The first-order valence-electron chi connectivity index (χ1n) is 5.64. The molecule has 0 aromatic heterocycles. The number of rotatable bonds is 5. The second-order valence-electron chi connectivity index (χ2n) is 4.36. The molecule has 0 aliphatic heterocycles. The summed E-state index contributed by atoms with van der Waals surface area (Å²) in [7, 11) is -4.35. The van der Waals surface area contributed by atoms with E-state index in [0.29, 0.717) is 12.1 Å². The predicted molar refractivity (Wildman–Crippen MR) is 65.4 cm³/mol. The van der Waals surface area contributed by atoms with Gasteiger partial charge < -0.3 is 5.73 Å². The Labute approximate surface area is 118 Å². The van der Waals surface area contributed by atoms with Gasteiger partial charge in [0, 0.05) is 0 Å². The van der Waals surface area contributed by atoms with Gasteiger partial charge in [-0.2, -0.15) is 13.2 Å². The van der Waals surface area contributed by atoms with Crippen LogP contribution in [0, 0.1) is 6.92 Å². The number of alkyl halides is 5. The molecular weight excluding hydrogens is 319 g/mol. The summed E-state index contributed by atoms with van der Waals surface area (Å²) in [5.74, 6) is -3.44. The van der Waals surface area contributed by atoms with Crippen LogP contribution in [-0.2, 0) is 16.2 Å². The lowest BCUT2D eigenvalue weighted by molar-refractivity contribution is -0.137. The molecule has 3 N–H and O–H groups in total. The maximum atomic E-state index is 12.9. The fourth-order valence-electron chi connectivity index (χ4n) is 1.48. The molecule has 0 fully saturated rings. The minimum Gasteiger partial charge on any atom is -0.325 e. The van der Waals surface area contributed by atoms with Crippen molar-refractivity contribution in [2.45, 2.75) is 23.9 Å². The molecule has 1 aromatic carbocycles. The summed E-state index contributed by atoms with van der Waals surface area (Å²) in [5, 5.41) is 0. The van der Waals surface area contributed by atoms with Crippen LogP contribution in [0.2, 0.25) is 0 Å². The van der Waals surface area contributed by atoms with Gasteiger partial charge in [0.15, 0.2) is 0 Å². The fourth-order valence-corrected chi connectivity index (χ4v) is 2.76. The van der Waals surface area contributed by atoms with Gasteiger partial charge in [-0.1, -0.05) is 0 Å². The lowest BCUT2D eigenvalue weighted by Gasteiger charge is -2.16. The number of sulfonamides is 1. The molecule has 0 aliphatic rings. The summed E-state index contributed by atoms with van der Waals surface area (Å²) < 4.78 is 88.5. The van der Waals surface area contributed by atoms with Crippen molar-refractivity contribution in [3.05, 3.63) is 29.3 Å². The van der Waals surface area contributed by atoms with E-state index in [0.717, 1.165) is 13.0 Å². The molecule has 4 nitrogen and oxygen atoms in total. The molecule has 0 radical (unpaired) electrons. The number of nitrogens with one attached hydrogen (secondary N) is 1. The third kappa shape index (κ3) is 4.61. The highest BCUT2D eigenvalue weighted by Crippen LogP contribution is 2.31. The van der Waals surface area contributed by atoms with Gasteiger partial charge in [0.05, 0.1) is 23.5 Å². The van der Waals surface area contributed by atoms with Gasteiger partial charge in [-0.25, -0.2) is 21.9 Å². The molecule has 0 amide bonds. The van der Waals surface area contributed by atoms with E-state index < -0.39 is 45.7 Å². The molecule has 21 heavy (non-hydrogen) atoms. The van der Waals surface area contributed by atoms with Gasteiger partial charge >= 0.3 is 6.18 Å². The Balaban J connectivity index is 3.05. The summed E-state index contributed by atoms with van der Waals surface area (Å²) >= 11 is 0. The van der Waals surface area contributed by atoms with E-state index in [2.05, 4.69) is 0 Å². The van der Waals surface area contributed by atoms with E-state index in [1.165, 1.54) is 0 Å². The van der Waals surface area contributed by atoms with E-state index in [1.54, 1.807) is 4.72 Å². The molecule has 10 heteroatoms.